The van der Waals surface area contributed by atoms with Gasteiger partial charge in [-0.2, -0.15) is 0 Å². The Kier molecular flexibility index (Phi) is 6.81. The van der Waals surface area contributed by atoms with Crippen molar-refractivity contribution in [1.82, 2.24) is 20.3 Å². The van der Waals surface area contributed by atoms with Crippen molar-refractivity contribution < 1.29 is 4.79 Å². The molecule has 6 nitrogen and oxygen atoms in total. The van der Waals surface area contributed by atoms with E-state index in [1.807, 2.05) is 12.1 Å². The number of carbonyl (C=O) groups excluding carboxylic acids is 1. The van der Waals surface area contributed by atoms with E-state index >= 15 is 0 Å². The Labute approximate surface area is 158 Å². The first-order chi connectivity index (χ1) is 11.6. The van der Waals surface area contributed by atoms with Crippen LogP contribution in [0.4, 0.5) is 0 Å². The molecule has 3 rings (SSSR count). The van der Waals surface area contributed by atoms with Crippen molar-refractivity contribution in [2.24, 2.45) is 11.7 Å². The van der Waals surface area contributed by atoms with Gasteiger partial charge in [0, 0.05) is 17.6 Å². The van der Waals surface area contributed by atoms with Crippen LogP contribution in [0.3, 0.4) is 0 Å². The molecular weight excluding hydrogens is 361 g/mol. The highest BCUT2D eigenvalue weighted by Gasteiger charge is 2.29. The molecule has 0 spiro atoms. The topological polar surface area (TPSA) is 85.8 Å². The summed E-state index contributed by atoms with van der Waals surface area (Å²) in [5.74, 6) is 0.324. The molecule has 0 aliphatic heterocycles. The van der Waals surface area contributed by atoms with Gasteiger partial charge in [0.05, 0.1) is 11.4 Å². The predicted molar refractivity (Wildman–Crippen MR) is 101 cm³/mol. The Bertz CT molecular complexity index is 730. The molecule has 8 heteroatoms. The Balaban J connectivity index is 0.00000225. The normalized spacial score (nSPS) is 14.7. The second kappa shape index (κ2) is 8.65. The van der Waals surface area contributed by atoms with Gasteiger partial charge in [0.15, 0.2) is 5.69 Å². The smallest absolute Gasteiger partial charge is 0.273 e. The highest BCUT2D eigenvalue weighted by atomic mass is 35.5. The van der Waals surface area contributed by atoms with Gasteiger partial charge in [0.1, 0.15) is 0 Å². The maximum Gasteiger partial charge on any atom is 0.273 e. The van der Waals surface area contributed by atoms with E-state index in [0.29, 0.717) is 29.6 Å². The summed E-state index contributed by atoms with van der Waals surface area (Å²) in [6.07, 6.45) is 3.90. The molecule has 1 aliphatic rings. The first-order valence-electron chi connectivity index (χ1n) is 8.34. The zero-order valence-corrected chi connectivity index (χ0v) is 15.7. The molecule has 0 radical (unpaired) electrons. The number of nitrogens with one attached hydrogen (secondary N) is 1. The Morgan fingerprint density at radius 1 is 1.48 bits per heavy atom. The number of amides is 1. The molecule has 136 valence electrons. The lowest BCUT2D eigenvalue weighted by molar-refractivity contribution is 0.0944. The molecule has 1 heterocycles. The summed E-state index contributed by atoms with van der Waals surface area (Å²) >= 11 is 6.06. The molecule has 1 unspecified atom stereocenters. The summed E-state index contributed by atoms with van der Waals surface area (Å²) in [5, 5.41) is 11.8. The summed E-state index contributed by atoms with van der Waals surface area (Å²) in [7, 11) is 0. The Morgan fingerprint density at radius 3 is 2.88 bits per heavy atom. The molecule has 1 aromatic carbocycles. The number of nitrogens with two attached hydrogens (primary N) is 1. The van der Waals surface area contributed by atoms with Crippen molar-refractivity contribution in [1.29, 1.82) is 0 Å². The van der Waals surface area contributed by atoms with Crippen LogP contribution in [-0.4, -0.2) is 33.5 Å². The highest BCUT2D eigenvalue weighted by molar-refractivity contribution is 6.30. The van der Waals surface area contributed by atoms with E-state index in [-0.39, 0.29) is 24.4 Å². The minimum absolute atomic E-state index is 0. The van der Waals surface area contributed by atoms with Crippen LogP contribution < -0.4 is 11.1 Å². The maximum atomic E-state index is 12.5. The van der Waals surface area contributed by atoms with Crippen LogP contribution in [0.5, 0.6) is 0 Å². The second-order valence-corrected chi connectivity index (χ2v) is 6.67. The fourth-order valence-corrected chi connectivity index (χ4v) is 2.92. The Hall–Kier alpha value is -1.63. The van der Waals surface area contributed by atoms with Crippen molar-refractivity contribution in [2.45, 2.75) is 38.6 Å². The molecule has 0 saturated heterocycles. The molecule has 1 amide bonds. The van der Waals surface area contributed by atoms with Gasteiger partial charge >= 0.3 is 0 Å². The van der Waals surface area contributed by atoms with E-state index in [2.05, 4.69) is 22.6 Å². The minimum Gasteiger partial charge on any atom is -0.349 e. The zero-order valence-electron chi connectivity index (χ0n) is 14.1. The Morgan fingerprint density at radius 2 is 2.24 bits per heavy atom. The maximum absolute atomic E-state index is 12.5. The van der Waals surface area contributed by atoms with Crippen LogP contribution in [0.1, 0.15) is 42.4 Å². The van der Waals surface area contributed by atoms with E-state index in [4.69, 9.17) is 17.3 Å². The summed E-state index contributed by atoms with van der Waals surface area (Å²) in [6, 6.07) is 7.37. The number of aromatic nitrogens is 3. The van der Waals surface area contributed by atoms with Crippen LogP contribution in [0, 0.1) is 5.92 Å². The number of carbonyl (C=O) groups is 1. The molecule has 0 bridgehead atoms. The van der Waals surface area contributed by atoms with Gasteiger partial charge in [-0.15, -0.1) is 17.5 Å². The first kappa shape index (κ1) is 19.7. The number of hydrogen-bond donors (Lipinski definition) is 2. The second-order valence-electron chi connectivity index (χ2n) is 6.24. The van der Waals surface area contributed by atoms with Gasteiger partial charge in [0.25, 0.3) is 5.91 Å². The lowest BCUT2D eigenvalue weighted by Gasteiger charge is -2.11. The van der Waals surface area contributed by atoms with Crippen LogP contribution >= 0.6 is 24.0 Å². The van der Waals surface area contributed by atoms with Crippen molar-refractivity contribution in [3.8, 4) is 5.69 Å². The number of benzene rings is 1. The lowest BCUT2D eigenvalue weighted by Crippen LogP contribution is -2.39. The largest absolute Gasteiger partial charge is 0.349 e. The van der Waals surface area contributed by atoms with Crippen LogP contribution in [0.25, 0.3) is 5.69 Å². The predicted octanol–water partition coefficient (Wildman–Crippen LogP) is 2.76. The van der Waals surface area contributed by atoms with Crippen LogP contribution in [0.15, 0.2) is 24.3 Å². The van der Waals surface area contributed by atoms with Crippen molar-refractivity contribution in [3.05, 3.63) is 40.7 Å². The average molecular weight is 384 g/mol. The van der Waals surface area contributed by atoms with Crippen molar-refractivity contribution >= 4 is 29.9 Å². The van der Waals surface area contributed by atoms with Gasteiger partial charge in [-0.05, 0) is 43.4 Å². The third-order valence-corrected chi connectivity index (χ3v) is 4.48. The number of nitrogens with zero attached hydrogens (tertiary/aromatic N) is 3. The van der Waals surface area contributed by atoms with Gasteiger partial charge in [0.2, 0.25) is 0 Å². The molecule has 1 aromatic heterocycles. The minimum atomic E-state index is -0.220. The average Bonchev–Trinajstić information content (AvgIpc) is 3.34. The van der Waals surface area contributed by atoms with Gasteiger partial charge in [-0.1, -0.05) is 36.2 Å². The van der Waals surface area contributed by atoms with E-state index in [0.717, 1.165) is 30.6 Å². The summed E-state index contributed by atoms with van der Waals surface area (Å²) in [6.45, 7) is 2.53. The van der Waals surface area contributed by atoms with Crippen molar-refractivity contribution in [3.63, 3.8) is 0 Å². The van der Waals surface area contributed by atoms with Crippen molar-refractivity contribution in [2.75, 3.05) is 6.54 Å². The number of hydrogen-bond acceptors (Lipinski definition) is 4. The third kappa shape index (κ3) is 4.71. The molecule has 1 atom stereocenters. The molecule has 3 N–H and O–H groups in total. The monoisotopic (exact) mass is 383 g/mol. The SMILES string of the molecule is CCCc1c(C(=O)NCC(N)C2CC2)nnn1-c1cccc(Cl)c1.Cl. The molecule has 1 fully saturated rings. The van der Waals surface area contributed by atoms with Gasteiger partial charge in [-0.25, -0.2) is 4.68 Å². The van der Waals surface area contributed by atoms with Crippen LogP contribution in [0.2, 0.25) is 5.02 Å². The fourth-order valence-electron chi connectivity index (χ4n) is 2.74. The molecule has 1 saturated carbocycles. The van der Waals surface area contributed by atoms with E-state index < -0.39 is 0 Å². The number of rotatable bonds is 7. The van der Waals surface area contributed by atoms with Gasteiger partial charge in [-0.3, -0.25) is 4.79 Å². The summed E-state index contributed by atoms with van der Waals surface area (Å²) in [5.41, 5.74) is 7.99. The standard InChI is InChI=1S/C17H22ClN5O.ClH/c1-2-4-15-16(17(24)20-10-14(19)11-7-8-11)21-22-23(15)13-6-3-5-12(18)9-13;/h3,5-6,9,11,14H,2,4,7-8,10,19H2,1H3,(H,20,24);1H. The molecule has 25 heavy (non-hydrogen) atoms. The number of halogens is 2. The third-order valence-electron chi connectivity index (χ3n) is 4.24. The van der Waals surface area contributed by atoms with E-state index in [1.54, 1.807) is 16.8 Å². The fraction of sp³-hybridized carbons (Fsp3) is 0.471. The summed E-state index contributed by atoms with van der Waals surface area (Å²) in [4.78, 5) is 12.5. The molecule has 1 aliphatic carbocycles. The molecule has 2 aromatic rings. The first-order valence-corrected chi connectivity index (χ1v) is 8.72. The summed E-state index contributed by atoms with van der Waals surface area (Å²) < 4.78 is 1.69. The quantitative estimate of drug-likeness (QED) is 0.769. The van der Waals surface area contributed by atoms with Gasteiger partial charge < -0.3 is 11.1 Å². The molecular formula is C17H23Cl2N5O. The lowest BCUT2D eigenvalue weighted by atomic mass is 10.1. The highest BCUT2D eigenvalue weighted by Crippen LogP contribution is 2.31. The van der Waals surface area contributed by atoms with E-state index in [9.17, 15) is 4.79 Å². The van der Waals surface area contributed by atoms with E-state index in [1.165, 1.54) is 0 Å². The van der Waals surface area contributed by atoms with Crippen LogP contribution in [-0.2, 0) is 6.42 Å². The zero-order chi connectivity index (χ0) is 17.1.